The number of hydrogen-bond acceptors (Lipinski definition) is 4. The van der Waals surface area contributed by atoms with E-state index in [1.54, 1.807) is 6.20 Å². The quantitative estimate of drug-likeness (QED) is 0.582. The molecule has 0 aromatic carbocycles. The molecule has 1 amide bonds. The Bertz CT molecular complexity index is 336. The van der Waals surface area contributed by atoms with Crippen LogP contribution in [-0.2, 0) is 17.8 Å². The summed E-state index contributed by atoms with van der Waals surface area (Å²) in [5.74, 6) is 0.540. The van der Waals surface area contributed by atoms with Gasteiger partial charge in [0.15, 0.2) is 0 Å². The molecule has 0 atom stereocenters. The van der Waals surface area contributed by atoms with Gasteiger partial charge in [-0.05, 0) is 0 Å². The van der Waals surface area contributed by atoms with Crippen LogP contribution < -0.4 is 11.1 Å². The Morgan fingerprint density at radius 2 is 2.50 bits per heavy atom. The Morgan fingerprint density at radius 1 is 1.67 bits per heavy atom. The molecule has 0 aliphatic carbocycles. The third kappa shape index (κ3) is 1.04. The van der Waals surface area contributed by atoms with E-state index in [-0.39, 0.29) is 5.91 Å². The van der Waals surface area contributed by atoms with Crippen LogP contribution in [-0.4, -0.2) is 15.9 Å². The van der Waals surface area contributed by atoms with Crippen molar-refractivity contribution in [3.8, 4) is 0 Å². The summed E-state index contributed by atoms with van der Waals surface area (Å²) in [5.41, 5.74) is 6.80. The normalized spacial score (nSPS) is 14.2. The van der Waals surface area contributed by atoms with E-state index in [1.807, 2.05) is 0 Å². The summed E-state index contributed by atoms with van der Waals surface area (Å²) in [6.45, 7) is 0.307. The number of rotatable bonds is 1. The topological polar surface area (TPSA) is 80.9 Å². The van der Waals surface area contributed by atoms with Crippen LogP contribution in [0, 0.1) is 0 Å². The van der Waals surface area contributed by atoms with Gasteiger partial charge in [-0.1, -0.05) is 0 Å². The number of anilines is 1. The van der Waals surface area contributed by atoms with Gasteiger partial charge < -0.3 is 11.1 Å². The van der Waals surface area contributed by atoms with Crippen LogP contribution in [0.15, 0.2) is 6.20 Å². The Balaban J connectivity index is 2.41. The Hall–Kier alpha value is -1.49. The van der Waals surface area contributed by atoms with Gasteiger partial charge in [0.1, 0.15) is 5.82 Å². The van der Waals surface area contributed by atoms with Gasteiger partial charge in [0.05, 0.1) is 30.5 Å². The van der Waals surface area contributed by atoms with E-state index >= 15 is 0 Å². The number of nitrogens with one attached hydrogen (secondary N) is 1. The number of carbonyl (C=O) groups excluding carboxylic acids is 1. The third-order valence-electron chi connectivity index (χ3n) is 1.70. The van der Waals surface area contributed by atoms with Crippen LogP contribution in [0.1, 0.15) is 11.5 Å². The summed E-state index contributed by atoms with van der Waals surface area (Å²) in [7, 11) is 0. The molecule has 12 heavy (non-hydrogen) atoms. The molecular formula is C7H8N4O. The molecule has 62 valence electrons. The van der Waals surface area contributed by atoms with Crippen molar-refractivity contribution < 1.29 is 4.79 Å². The lowest BCUT2D eigenvalue weighted by molar-refractivity contribution is -0.115. The molecule has 1 aliphatic heterocycles. The first-order chi connectivity index (χ1) is 5.79. The van der Waals surface area contributed by atoms with Gasteiger partial charge in [0.25, 0.3) is 0 Å². The second kappa shape index (κ2) is 2.53. The van der Waals surface area contributed by atoms with Crippen LogP contribution in [0.3, 0.4) is 0 Å². The fraction of sp³-hybridized carbons (Fsp3) is 0.286. The maximum atomic E-state index is 10.9. The summed E-state index contributed by atoms with van der Waals surface area (Å²) in [6.07, 6.45) is 1.93. The average molecular weight is 164 g/mol. The second-order valence-corrected chi connectivity index (χ2v) is 2.58. The summed E-state index contributed by atoms with van der Waals surface area (Å²) in [5, 5.41) is 2.64. The number of nitrogens with two attached hydrogens (primary N) is 1. The smallest absolute Gasteiger partial charge is 0.230 e. The predicted molar refractivity (Wildman–Crippen MR) is 42.3 cm³/mol. The molecule has 1 aromatic rings. The molecule has 0 fully saturated rings. The van der Waals surface area contributed by atoms with Crippen molar-refractivity contribution >= 4 is 11.6 Å². The molecule has 0 radical (unpaired) electrons. The molecule has 1 aliphatic rings. The minimum atomic E-state index is -0.0338. The first-order valence-electron chi connectivity index (χ1n) is 3.64. The van der Waals surface area contributed by atoms with E-state index in [0.717, 1.165) is 5.69 Å². The van der Waals surface area contributed by atoms with E-state index in [0.29, 0.717) is 24.5 Å². The predicted octanol–water partition coefficient (Wildman–Crippen LogP) is -0.570. The first kappa shape index (κ1) is 7.17. The molecule has 1 aromatic heterocycles. The molecule has 5 nitrogen and oxygen atoms in total. The molecule has 0 bridgehead atoms. The van der Waals surface area contributed by atoms with E-state index in [2.05, 4.69) is 15.3 Å². The lowest BCUT2D eigenvalue weighted by Crippen LogP contribution is -2.03. The molecular weight excluding hydrogens is 156 g/mol. The Kier molecular flexibility index (Phi) is 1.51. The number of aromatic nitrogens is 2. The molecule has 0 saturated heterocycles. The van der Waals surface area contributed by atoms with E-state index in [1.165, 1.54) is 0 Å². The Labute approximate surface area is 69.0 Å². The molecule has 0 spiro atoms. The first-order valence-corrected chi connectivity index (χ1v) is 3.64. The molecule has 3 N–H and O–H groups in total. The van der Waals surface area contributed by atoms with Crippen molar-refractivity contribution in [1.29, 1.82) is 0 Å². The zero-order valence-corrected chi connectivity index (χ0v) is 6.37. The van der Waals surface area contributed by atoms with Crippen molar-refractivity contribution in [1.82, 2.24) is 9.97 Å². The fourth-order valence-electron chi connectivity index (χ4n) is 1.14. The zero-order chi connectivity index (χ0) is 8.55. The van der Waals surface area contributed by atoms with Crippen molar-refractivity contribution in [3.05, 3.63) is 17.7 Å². The second-order valence-electron chi connectivity index (χ2n) is 2.58. The maximum absolute atomic E-state index is 10.9. The zero-order valence-electron chi connectivity index (χ0n) is 6.37. The van der Waals surface area contributed by atoms with Gasteiger partial charge in [0, 0.05) is 0 Å². The largest absolute Gasteiger partial charge is 0.324 e. The highest BCUT2D eigenvalue weighted by atomic mass is 16.1. The van der Waals surface area contributed by atoms with E-state index in [4.69, 9.17) is 5.73 Å². The van der Waals surface area contributed by atoms with Crippen molar-refractivity contribution in [2.75, 3.05) is 5.32 Å². The molecule has 0 unspecified atom stereocenters. The minimum Gasteiger partial charge on any atom is -0.324 e. The number of carbonyl (C=O) groups is 1. The lowest BCUT2D eigenvalue weighted by atomic mass is 10.3. The van der Waals surface area contributed by atoms with Gasteiger partial charge in [-0.3, -0.25) is 4.79 Å². The van der Waals surface area contributed by atoms with Gasteiger partial charge in [-0.25, -0.2) is 9.97 Å². The van der Waals surface area contributed by atoms with Crippen LogP contribution in [0.25, 0.3) is 0 Å². The molecule has 2 heterocycles. The molecule has 2 rings (SSSR count). The highest BCUT2D eigenvalue weighted by molar-refractivity contribution is 5.98. The van der Waals surface area contributed by atoms with E-state index < -0.39 is 0 Å². The van der Waals surface area contributed by atoms with Crippen LogP contribution in [0.2, 0.25) is 0 Å². The summed E-state index contributed by atoms with van der Waals surface area (Å²) >= 11 is 0. The molecule has 5 heteroatoms. The molecule has 0 saturated carbocycles. The van der Waals surface area contributed by atoms with Crippen LogP contribution in [0.4, 0.5) is 5.69 Å². The van der Waals surface area contributed by atoms with Crippen molar-refractivity contribution in [2.45, 2.75) is 13.0 Å². The monoisotopic (exact) mass is 164 g/mol. The Morgan fingerprint density at radius 3 is 3.25 bits per heavy atom. The summed E-state index contributed by atoms with van der Waals surface area (Å²) < 4.78 is 0. The van der Waals surface area contributed by atoms with Crippen molar-refractivity contribution in [3.63, 3.8) is 0 Å². The van der Waals surface area contributed by atoms with Crippen LogP contribution in [0.5, 0.6) is 0 Å². The standard InChI is InChI=1S/C7H8N4O/c8-2-6-9-3-5-4(10-6)1-7(12)11-5/h3H,1-2,8H2,(H,11,12). The minimum absolute atomic E-state index is 0.0338. The SMILES string of the molecule is NCc1ncc2c(n1)CC(=O)N2. The number of fused-ring (bicyclic) bond motifs is 1. The number of hydrogen-bond donors (Lipinski definition) is 2. The lowest BCUT2D eigenvalue weighted by Gasteiger charge is -1.98. The third-order valence-corrected chi connectivity index (χ3v) is 1.70. The number of nitrogens with zero attached hydrogens (tertiary/aromatic N) is 2. The fourth-order valence-corrected chi connectivity index (χ4v) is 1.14. The summed E-state index contributed by atoms with van der Waals surface area (Å²) in [6, 6.07) is 0. The highest BCUT2D eigenvalue weighted by Crippen LogP contribution is 2.18. The van der Waals surface area contributed by atoms with Gasteiger partial charge in [-0.2, -0.15) is 0 Å². The van der Waals surface area contributed by atoms with Crippen molar-refractivity contribution in [2.24, 2.45) is 5.73 Å². The highest BCUT2D eigenvalue weighted by Gasteiger charge is 2.19. The van der Waals surface area contributed by atoms with Gasteiger partial charge in [0.2, 0.25) is 5.91 Å². The maximum Gasteiger partial charge on any atom is 0.230 e. The van der Waals surface area contributed by atoms with Crippen LogP contribution >= 0.6 is 0 Å². The van der Waals surface area contributed by atoms with E-state index in [9.17, 15) is 4.79 Å². The van der Waals surface area contributed by atoms with Gasteiger partial charge in [-0.15, -0.1) is 0 Å². The average Bonchev–Trinajstić information content (AvgIpc) is 2.43. The number of amides is 1. The summed E-state index contributed by atoms with van der Waals surface area (Å²) in [4.78, 5) is 18.9. The van der Waals surface area contributed by atoms with Gasteiger partial charge >= 0.3 is 0 Å².